The standard InChI is InChI=1S/C19H18F2N8O2/c1-30-13-4-2-3-12-14(13)24-17(15(20)21)29(12)19-26-16(11-9-22-23-10-11)25-18(27-19)28-5-7-31-8-6-28/h2-4,9-10,15H,5-8H2,1H3,(H,22,23). The van der Waals surface area contributed by atoms with Crippen LogP contribution in [0.4, 0.5) is 14.7 Å². The fraction of sp³-hybridized carbons (Fsp3) is 0.316. The molecule has 1 fully saturated rings. The molecule has 0 radical (unpaired) electrons. The van der Waals surface area contributed by atoms with Crippen molar-refractivity contribution in [3.63, 3.8) is 0 Å². The molecule has 0 unspecified atom stereocenters. The second-order valence-corrected chi connectivity index (χ2v) is 6.78. The first-order valence-electron chi connectivity index (χ1n) is 9.57. The summed E-state index contributed by atoms with van der Waals surface area (Å²) in [6, 6.07) is 5.04. The number of fused-ring (bicyclic) bond motifs is 1. The average molecular weight is 428 g/mol. The maximum Gasteiger partial charge on any atom is 0.296 e. The van der Waals surface area contributed by atoms with E-state index in [2.05, 4.69) is 30.1 Å². The van der Waals surface area contributed by atoms with Gasteiger partial charge >= 0.3 is 0 Å². The Kier molecular flexibility index (Phi) is 4.90. The van der Waals surface area contributed by atoms with Crippen molar-refractivity contribution in [1.82, 2.24) is 34.7 Å². The van der Waals surface area contributed by atoms with Gasteiger partial charge in [-0.2, -0.15) is 20.1 Å². The molecule has 10 nitrogen and oxygen atoms in total. The van der Waals surface area contributed by atoms with Crippen molar-refractivity contribution in [3.8, 4) is 23.1 Å². The number of rotatable bonds is 5. The number of para-hydroxylation sites is 1. The van der Waals surface area contributed by atoms with Crippen molar-refractivity contribution in [2.75, 3.05) is 38.3 Å². The molecule has 1 aliphatic rings. The molecule has 0 amide bonds. The van der Waals surface area contributed by atoms with Crippen LogP contribution in [0.25, 0.3) is 28.4 Å². The molecule has 4 aromatic rings. The Hall–Kier alpha value is -3.67. The van der Waals surface area contributed by atoms with E-state index < -0.39 is 12.2 Å². The predicted octanol–water partition coefficient (Wildman–Crippen LogP) is 2.38. The van der Waals surface area contributed by atoms with Gasteiger partial charge in [-0.3, -0.25) is 9.67 Å². The number of nitrogens with zero attached hydrogens (tertiary/aromatic N) is 7. The molecule has 1 aliphatic heterocycles. The molecular weight excluding hydrogens is 410 g/mol. The molecule has 160 valence electrons. The maximum absolute atomic E-state index is 14.0. The van der Waals surface area contributed by atoms with Gasteiger partial charge in [-0.15, -0.1) is 0 Å². The molecule has 0 spiro atoms. The summed E-state index contributed by atoms with van der Waals surface area (Å²) in [6.45, 7) is 2.20. The van der Waals surface area contributed by atoms with Crippen molar-refractivity contribution in [2.24, 2.45) is 0 Å². The van der Waals surface area contributed by atoms with Gasteiger partial charge in [-0.25, -0.2) is 13.8 Å². The van der Waals surface area contributed by atoms with E-state index in [4.69, 9.17) is 9.47 Å². The molecule has 1 saturated heterocycles. The number of H-pyrrole nitrogens is 1. The summed E-state index contributed by atoms with van der Waals surface area (Å²) in [6.07, 6.45) is 0.342. The number of halogens is 2. The summed E-state index contributed by atoms with van der Waals surface area (Å²) in [7, 11) is 1.46. The molecule has 3 aromatic heterocycles. The van der Waals surface area contributed by atoms with Gasteiger partial charge in [0.2, 0.25) is 11.9 Å². The Balaban J connectivity index is 1.75. The Bertz CT molecular complexity index is 1210. The van der Waals surface area contributed by atoms with Crippen LogP contribution in [0.15, 0.2) is 30.6 Å². The first-order chi connectivity index (χ1) is 15.2. The van der Waals surface area contributed by atoms with Crippen LogP contribution >= 0.6 is 0 Å². The van der Waals surface area contributed by atoms with Crippen molar-refractivity contribution in [2.45, 2.75) is 6.43 Å². The van der Waals surface area contributed by atoms with E-state index in [1.807, 2.05) is 4.90 Å². The van der Waals surface area contributed by atoms with Crippen LogP contribution in [0.3, 0.4) is 0 Å². The summed E-state index contributed by atoms with van der Waals surface area (Å²) >= 11 is 0. The van der Waals surface area contributed by atoms with Gasteiger partial charge < -0.3 is 14.4 Å². The minimum atomic E-state index is -2.85. The Morgan fingerprint density at radius 3 is 2.61 bits per heavy atom. The summed E-state index contributed by atoms with van der Waals surface area (Å²) in [5, 5.41) is 6.65. The highest BCUT2D eigenvalue weighted by Gasteiger charge is 2.26. The van der Waals surface area contributed by atoms with Crippen molar-refractivity contribution in [3.05, 3.63) is 36.4 Å². The Morgan fingerprint density at radius 2 is 1.90 bits per heavy atom. The summed E-state index contributed by atoms with van der Waals surface area (Å²) in [5.74, 6) is 0.630. The summed E-state index contributed by atoms with van der Waals surface area (Å²) < 4.78 is 39.9. The third-order valence-electron chi connectivity index (χ3n) is 4.95. The molecule has 31 heavy (non-hydrogen) atoms. The van der Waals surface area contributed by atoms with E-state index in [1.165, 1.54) is 11.7 Å². The van der Waals surface area contributed by atoms with E-state index in [9.17, 15) is 8.78 Å². The number of methoxy groups -OCH3 is 1. The number of nitrogens with one attached hydrogen (secondary N) is 1. The van der Waals surface area contributed by atoms with Gasteiger partial charge in [0.25, 0.3) is 6.43 Å². The molecule has 0 saturated carbocycles. The number of anilines is 1. The summed E-state index contributed by atoms with van der Waals surface area (Å²) in [5.41, 5.74) is 1.32. The molecule has 0 atom stereocenters. The molecule has 1 aromatic carbocycles. The number of aromatic amines is 1. The van der Waals surface area contributed by atoms with Crippen molar-refractivity contribution < 1.29 is 18.3 Å². The maximum atomic E-state index is 14.0. The van der Waals surface area contributed by atoms with Crippen LogP contribution in [0, 0.1) is 0 Å². The van der Waals surface area contributed by atoms with E-state index in [-0.39, 0.29) is 5.95 Å². The zero-order valence-electron chi connectivity index (χ0n) is 16.5. The Morgan fingerprint density at radius 1 is 1.10 bits per heavy atom. The number of alkyl halides is 2. The SMILES string of the molecule is COc1cccc2c1nc(C(F)F)n2-c1nc(-c2cn[nH]c2)nc(N2CCOCC2)n1. The monoisotopic (exact) mass is 428 g/mol. The van der Waals surface area contributed by atoms with Crippen LogP contribution in [0.2, 0.25) is 0 Å². The Labute approximate surface area is 174 Å². The highest BCUT2D eigenvalue weighted by atomic mass is 19.3. The number of aromatic nitrogens is 7. The van der Waals surface area contributed by atoms with Gasteiger partial charge in [0.1, 0.15) is 11.3 Å². The van der Waals surface area contributed by atoms with Gasteiger partial charge in [-0.1, -0.05) is 6.07 Å². The number of hydrogen-bond donors (Lipinski definition) is 1. The first-order valence-corrected chi connectivity index (χ1v) is 9.57. The molecular formula is C19H18F2N8O2. The lowest BCUT2D eigenvalue weighted by atomic mass is 10.3. The molecule has 12 heteroatoms. The normalized spacial score (nSPS) is 14.5. The lowest BCUT2D eigenvalue weighted by Gasteiger charge is -2.27. The average Bonchev–Trinajstić information content (AvgIpc) is 3.47. The molecule has 1 N–H and O–H groups in total. The zero-order chi connectivity index (χ0) is 21.4. The summed E-state index contributed by atoms with van der Waals surface area (Å²) in [4.78, 5) is 19.6. The molecule has 0 aliphatic carbocycles. The topological polar surface area (TPSA) is 107 Å². The van der Waals surface area contributed by atoms with E-state index in [0.717, 1.165) is 0 Å². The van der Waals surface area contributed by atoms with Crippen molar-refractivity contribution in [1.29, 1.82) is 0 Å². The fourth-order valence-corrected chi connectivity index (χ4v) is 3.47. The molecule has 0 bridgehead atoms. The smallest absolute Gasteiger partial charge is 0.296 e. The second kappa shape index (κ2) is 7.87. The minimum absolute atomic E-state index is 0.0405. The third-order valence-corrected chi connectivity index (χ3v) is 4.95. The first kappa shape index (κ1) is 19.3. The van der Waals surface area contributed by atoms with Crippen LogP contribution in [0.1, 0.15) is 12.2 Å². The van der Waals surface area contributed by atoms with E-state index in [1.54, 1.807) is 30.6 Å². The van der Waals surface area contributed by atoms with E-state index in [0.29, 0.717) is 60.4 Å². The minimum Gasteiger partial charge on any atom is -0.494 e. The highest BCUT2D eigenvalue weighted by molar-refractivity contribution is 5.84. The van der Waals surface area contributed by atoms with Gasteiger partial charge in [0.15, 0.2) is 11.6 Å². The van der Waals surface area contributed by atoms with Gasteiger partial charge in [0, 0.05) is 19.3 Å². The quantitative estimate of drug-likeness (QED) is 0.516. The number of hydrogen-bond acceptors (Lipinski definition) is 8. The van der Waals surface area contributed by atoms with Crippen LogP contribution < -0.4 is 9.64 Å². The van der Waals surface area contributed by atoms with Crippen LogP contribution in [-0.2, 0) is 4.74 Å². The van der Waals surface area contributed by atoms with Crippen LogP contribution in [0.5, 0.6) is 5.75 Å². The van der Waals surface area contributed by atoms with E-state index >= 15 is 0 Å². The molecule has 4 heterocycles. The highest BCUT2D eigenvalue weighted by Crippen LogP contribution is 2.32. The lowest BCUT2D eigenvalue weighted by molar-refractivity contribution is 0.122. The number of morpholine rings is 1. The lowest BCUT2D eigenvalue weighted by Crippen LogP contribution is -2.37. The van der Waals surface area contributed by atoms with Gasteiger partial charge in [0.05, 0.1) is 37.6 Å². The number of imidazole rings is 1. The zero-order valence-corrected chi connectivity index (χ0v) is 16.5. The number of ether oxygens (including phenoxy) is 2. The van der Waals surface area contributed by atoms with Crippen LogP contribution in [-0.4, -0.2) is 68.1 Å². The number of benzene rings is 1. The second-order valence-electron chi connectivity index (χ2n) is 6.78. The predicted molar refractivity (Wildman–Crippen MR) is 107 cm³/mol. The van der Waals surface area contributed by atoms with Gasteiger partial charge in [-0.05, 0) is 12.1 Å². The fourth-order valence-electron chi connectivity index (χ4n) is 3.47. The molecule has 5 rings (SSSR count). The third kappa shape index (κ3) is 3.44. The van der Waals surface area contributed by atoms with Crippen molar-refractivity contribution >= 4 is 17.0 Å². The largest absolute Gasteiger partial charge is 0.494 e.